The number of rotatable bonds is 4. The summed E-state index contributed by atoms with van der Waals surface area (Å²) >= 11 is 0. The highest BCUT2D eigenvalue weighted by atomic mass is 19.1. The highest BCUT2D eigenvalue weighted by Crippen LogP contribution is 2.55. The molecule has 0 saturated heterocycles. The number of fused-ring (bicyclic) bond motifs is 1. The van der Waals surface area contributed by atoms with E-state index in [0.29, 0.717) is 23.4 Å². The molecule has 3 aromatic rings. The van der Waals surface area contributed by atoms with Crippen LogP contribution in [0.25, 0.3) is 11.0 Å². The molecule has 0 unspecified atom stereocenters. The van der Waals surface area contributed by atoms with Gasteiger partial charge in [0.05, 0.1) is 6.54 Å². The Morgan fingerprint density at radius 1 is 1.06 bits per heavy atom. The zero-order valence-corrected chi connectivity index (χ0v) is 17.9. The fraction of sp³-hybridized carbons (Fsp3) is 0.423. The number of hydrogen-bond donors (Lipinski definition) is 1. The fourth-order valence-corrected chi connectivity index (χ4v) is 6.86. The van der Waals surface area contributed by atoms with Crippen LogP contribution in [0, 0.1) is 23.6 Å². The van der Waals surface area contributed by atoms with E-state index in [2.05, 4.69) is 10.3 Å². The molecule has 4 saturated carbocycles. The molecule has 4 aliphatic carbocycles. The van der Waals surface area contributed by atoms with E-state index >= 15 is 0 Å². The minimum atomic E-state index is -0.359. The standard InChI is InChI=1S/C26H26FN3O2/c27-21-5-3-16(4-6-21)15-30-23-20(2-1-7-28-23)11-22(25(30)32)24(31)29-26-12-17-8-18(13-26)10-19(9-17)14-26/h1-7,11,17-19H,8-10,12-15H2,(H,29,31). The van der Waals surface area contributed by atoms with Crippen molar-refractivity contribution in [3.05, 3.63) is 76.0 Å². The number of aromatic nitrogens is 2. The quantitative estimate of drug-likeness (QED) is 0.671. The minimum Gasteiger partial charge on any atom is -0.346 e. The first-order valence-corrected chi connectivity index (χ1v) is 11.5. The molecule has 6 heteroatoms. The van der Waals surface area contributed by atoms with Gasteiger partial charge in [-0.05, 0) is 92.2 Å². The topological polar surface area (TPSA) is 64.0 Å². The highest BCUT2D eigenvalue weighted by Gasteiger charge is 2.51. The Morgan fingerprint density at radius 2 is 1.72 bits per heavy atom. The summed E-state index contributed by atoms with van der Waals surface area (Å²) < 4.78 is 14.9. The smallest absolute Gasteiger partial charge is 0.265 e. The molecule has 0 aliphatic heterocycles. The number of nitrogens with zero attached hydrogens (tertiary/aromatic N) is 2. The van der Waals surface area contributed by atoms with Crippen molar-refractivity contribution >= 4 is 16.9 Å². The van der Waals surface area contributed by atoms with Crippen molar-refractivity contribution < 1.29 is 9.18 Å². The molecule has 1 amide bonds. The predicted molar refractivity (Wildman–Crippen MR) is 120 cm³/mol. The first kappa shape index (κ1) is 19.6. The van der Waals surface area contributed by atoms with Crippen molar-refractivity contribution in [2.45, 2.75) is 50.6 Å². The van der Waals surface area contributed by atoms with Crippen LogP contribution in [-0.4, -0.2) is 21.0 Å². The van der Waals surface area contributed by atoms with Gasteiger partial charge >= 0.3 is 0 Å². The van der Waals surface area contributed by atoms with Gasteiger partial charge in [0.25, 0.3) is 11.5 Å². The van der Waals surface area contributed by atoms with E-state index in [4.69, 9.17) is 0 Å². The maximum atomic E-state index is 13.5. The Kier molecular flexibility index (Phi) is 4.46. The summed E-state index contributed by atoms with van der Waals surface area (Å²) in [7, 11) is 0. The summed E-state index contributed by atoms with van der Waals surface area (Å²) in [6.45, 7) is 0.227. The molecule has 164 valence electrons. The van der Waals surface area contributed by atoms with Gasteiger partial charge in [-0.1, -0.05) is 12.1 Å². The number of pyridine rings is 2. The molecular formula is C26H26FN3O2. The van der Waals surface area contributed by atoms with Gasteiger partial charge in [-0.3, -0.25) is 14.2 Å². The third-order valence-electron chi connectivity index (χ3n) is 7.76. The van der Waals surface area contributed by atoms with Gasteiger partial charge < -0.3 is 5.32 Å². The molecule has 0 atom stereocenters. The van der Waals surface area contributed by atoms with Gasteiger partial charge in [0, 0.05) is 17.1 Å². The van der Waals surface area contributed by atoms with Gasteiger partial charge in [-0.2, -0.15) is 0 Å². The summed E-state index contributed by atoms with van der Waals surface area (Å²) in [5, 5.41) is 4.06. The second-order valence-corrected chi connectivity index (χ2v) is 10.1. The Balaban J connectivity index is 1.37. The Morgan fingerprint density at radius 3 is 2.38 bits per heavy atom. The van der Waals surface area contributed by atoms with Crippen molar-refractivity contribution in [3.63, 3.8) is 0 Å². The molecule has 2 aromatic heterocycles. The molecule has 0 spiro atoms. The molecule has 4 aliphatic rings. The van der Waals surface area contributed by atoms with E-state index in [1.54, 1.807) is 30.5 Å². The lowest BCUT2D eigenvalue weighted by Gasteiger charge is -2.56. The first-order valence-electron chi connectivity index (χ1n) is 11.5. The first-order chi connectivity index (χ1) is 15.5. The average Bonchev–Trinajstić information content (AvgIpc) is 2.75. The number of carbonyl (C=O) groups is 1. The number of hydrogen-bond acceptors (Lipinski definition) is 3. The third-order valence-corrected chi connectivity index (χ3v) is 7.76. The molecule has 2 heterocycles. The van der Waals surface area contributed by atoms with Gasteiger partial charge in [-0.15, -0.1) is 0 Å². The van der Waals surface area contributed by atoms with Crippen LogP contribution < -0.4 is 10.9 Å². The van der Waals surface area contributed by atoms with E-state index in [1.807, 2.05) is 6.07 Å². The van der Waals surface area contributed by atoms with Crippen molar-refractivity contribution in [2.75, 3.05) is 0 Å². The van der Waals surface area contributed by atoms with Crippen LogP contribution >= 0.6 is 0 Å². The second kappa shape index (κ2) is 7.26. The summed E-state index contributed by atoms with van der Waals surface area (Å²) in [6, 6.07) is 11.4. The third kappa shape index (κ3) is 3.33. The van der Waals surface area contributed by atoms with Gasteiger partial charge in [-0.25, -0.2) is 9.37 Å². The lowest BCUT2D eigenvalue weighted by molar-refractivity contribution is -0.0167. The van der Waals surface area contributed by atoms with Crippen LogP contribution in [-0.2, 0) is 6.54 Å². The molecule has 1 aromatic carbocycles. The van der Waals surface area contributed by atoms with Gasteiger partial charge in [0.1, 0.15) is 17.0 Å². The van der Waals surface area contributed by atoms with E-state index < -0.39 is 0 Å². The Hall–Kier alpha value is -3.02. The lowest BCUT2D eigenvalue weighted by Crippen LogP contribution is -2.60. The molecule has 32 heavy (non-hydrogen) atoms. The second-order valence-electron chi connectivity index (χ2n) is 10.1. The molecule has 5 nitrogen and oxygen atoms in total. The minimum absolute atomic E-state index is 0.156. The van der Waals surface area contributed by atoms with E-state index in [0.717, 1.165) is 30.2 Å². The Labute approximate surface area is 185 Å². The molecular weight excluding hydrogens is 405 g/mol. The van der Waals surface area contributed by atoms with Crippen LogP contribution in [0.5, 0.6) is 0 Å². The summed E-state index contributed by atoms with van der Waals surface area (Å²) in [5.41, 5.74) is 0.933. The van der Waals surface area contributed by atoms with E-state index in [1.165, 1.54) is 36.0 Å². The molecule has 7 rings (SSSR count). The zero-order chi connectivity index (χ0) is 21.9. The van der Waals surface area contributed by atoms with Crippen LogP contribution in [0.15, 0.2) is 53.5 Å². The number of carbonyl (C=O) groups excluding carboxylic acids is 1. The van der Waals surface area contributed by atoms with Gasteiger partial charge in [0.15, 0.2) is 0 Å². The molecule has 1 N–H and O–H groups in total. The van der Waals surface area contributed by atoms with Crippen molar-refractivity contribution in [2.24, 2.45) is 17.8 Å². The van der Waals surface area contributed by atoms with Crippen molar-refractivity contribution in [1.29, 1.82) is 0 Å². The highest BCUT2D eigenvalue weighted by molar-refractivity contribution is 5.97. The lowest BCUT2D eigenvalue weighted by atomic mass is 9.53. The maximum absolute atomic E-state index is 13.5. The van der Waals surface area contributed by atoms with Crippen molar-refractivity contribution in [3.8, 4) is 0 Å². The fourth-order valence-electron chi connectivity index (χ4n) is 6.86. The van der Waals surface area contributed by atoms with Gasteiger partial charge in [0.2, 0.25) is 0 Å². The predicted octanol–water partition coefficient (Wildman–Crippen LogP) is 4.28. The summed E-state index contributed by atoms with van der Waals surface area (Å²) in [4.78, 5) is 31.3. The largest absolute Gasteiger partial charge is 0.346 e. The van der Waals surface area contributed by atoms with Crippen LogP contribution in [0.2, 0.25) is 0 Å². The summed E-state index contributed by atoms with van der Waals surface area (Å²) in [6.07, 6.45) is 8.61. The molecule has 4 fully saturated rings. The molecule has 4 bridgehead atoms. The number of nitrogens with one attached hydrogen (secondary N) is 1. The Bertz CT molecular complexity index is 1230. The maximum Gasteiger partial charge on any atom is 0.265 e. The SMILES string of the molecule is O=C(NC12CC3CC(CC(C3)C1)C2)c1cc2cccnc2n(Cc2ccc(F)cc2)c1=O. The summed E-state index contributed by atoms with van der Waals surface area (Å²) in [5.74, 6) is 1.51. The van der Waals surface area contributed by atoms with Crippen LogP contribution in [0.3, 0.4) is 0 Å². The van der Waals surface area contributed by atoms with Crippen molar-refractivity contribution in [1.82, 2.24) is 14.9 Å². The zero-order valence-electron chi connectivity index (χ0n) is 17.9. The molecule has 0 radical (unpaired) electrons. The van der Waals surface area contributed by atoms with Crippen LogP contribution in [0.4, 0.5) is 4.39 Å². The normalized spacial score (nSPS) is 28.2. The number of benzene rings is 1. The van der Waals surface area contributed by atoms with Crippen LogP contribution in [0.1, 0.15) is 54.4 Å². The number of halogens is 1. The average molecular weight is 432 g/mol. The monoisotopic (exact) mass is 431 g/mol. The van der Waals surface area contributed by atoms with E-state index in [9.17, 15) is 14.0 Å². The van der Waals surface area contributed by atoms with E-state index in [-0.39, 0.29) is 34.9 Å². The number of amides is 1.